The van der Waals surface area contributed by atoms with E-state index in [0.717, 1.165) is 36.3 Å². The minimum Gasteiger partial charge on any atom is -0.384 e. The summed E-state index contributed by atoms with van der Waals surface area (Å²) in [7, 11) is -3.79. The second-order valence-electron chi connectivity index (χ2n) is 4.73. The lowest BCUT2D eigenvalue weighted by molar-refractivity contribution is 0.599. The van der Waals surface area contributed by atoms with Gasteiger partial charge in [-0.25, -0.2) is 12.8 Å². The van der Waals surface area contributed by atoms with Gasteiger partial charge in [0.15, 0.2) is 0 Å². The summed E-state index contributed by atoms with van der Waals surface area (Å²) in [5, 5.41) is 2.97. The summed E-state index contributed by atoms with van der Waals surface area (Å²) in [6, 6.07) is 8.60. The molecule has 21 heavy (non-hydrogen) atoms. The van der Waals surface area contributed by atoms with Gasteiger partial charge in [-0.2, -0.15) is 0 Å². The summed E-state index contributed by atoms with van der Waals surface area (Å²) < 4.78 is 40.1. The highest BCUT2D eigenvalue weighted by atomic mass is 35.5. The molecule has 0 fully saturated rings. The molecule has 0 aromatic heterocycles. The number of nitrogens with one attached hydrogen (secondary N) is 2. The molecule has 110 valence electrons. The summed E-state index contributed by atoms with van der Waals surface area (Å²) in [6.45, 7) is 0.846. The largest absolute Gasteiger partial charge is 0.384 e. The number of hydrogen-bond acceptors (Lipinski definition) is 3. The van der Waals surface area contributed by atoms with E-state index in [0.29, 0.717) is 5.69 Å². The van der Waals surface area contributed by atoms with E-state index in [9.17, 15) is 12.8 Å². The van der Waals surface area contributed by atoms with Crippen LogP contribution in [-0.4, -0.2) is 15.0 Å². The monoisotopic (exact) mass is 326 g/mol. The minimum atomic E-state index is -3.79. The molecule has 2 aromatic rings. The van der Waals surface area contributed by atoms with Gasteiger partial charge in [-0.05, 0) is 48.4 Å². The molecule has 0 amide bonds. The topological polar surface area (TPSA) is 58.2 Å². The van der Waals surface area contributed by atoms with Crippen molar-refractivity contribution in [1.29, 1.82) is 0 Å². The molecule has 1 aliphatic heterocycles. The van der Waals surface area contributed by atoms with E-state index < -0.39 is 15.8 Å². The van der Waals surface area contributed by atoms with E-state index in [-0.39, 0.29) is 9.92 Å². The van der Waals surface area contributed by atoms with Crippen molar-refractivity contribution in [1.82, 2.24) is 0 Å². The molecule has 0 saturated carbocycles. The zero-order valence-electron chi connectivity index (χ0n) is 10.9. The number of sulfonamides is 1. The highest BCUT2D eigenvalue weighted by Gasteiger charge is 2.17. The summed E-state index contributed by atoms with van der Waals surface area (Å²) in [4.78, 5) is -0.0764. The van der Waals surface area contributed by atoms with Gasteiger partial charge in [0, 0.05) is 17.9 Å². The van der Waals surface area contributed by atoms with Crippen molar-refractivity contribution in [3.63, 3.8) is 0 Å². The molecule has 0 atom stereocenters. The Bertz CT molecular complexity index is 809. The number of benzene rings is 2. The second kappa shape index (κ2) is 5.20. The predicted molar refractivity (Wildman–Crippen MR) is 80.9 cm³/mol. The van der Waals surface area contributed by atoms with Gasteiger partial charge < -0.3 is 5.32 Å². The summed E-state index contributed by atoms with van der Waals surface area (Å²) in [5.41, 5.74) is 2.55. The van der Waals surface area contributed by atoms with Crippen LogP contribution in [0, 0.1) is 5.82 Å². The van der Waals surface area contributed by atoms with Crippen molar-refractivity contribution < 1.29 is 12.8 Å². The zero-order chi connectivity index (χ0) is 15.0. The standard InChI is InChI=1S/C14H12ClFN2O2S/c15-12-8-11(2-3-13(12)16)21(19,20)18-10-1-4-14-9(7-10)5-6-17-14/h1-4,7-8,17-18H,5-6H2. The molecule has 2 aromatic carbocycles. The Morgan fingerprint density at radius 3 is 2.76 bits per heavy atom. The maximum absolute atomic E-state index is 13.1. The Morgan fingerprint density at radius 2 is 2.00 bits per heavy atom. The van der Waals surface area contributed by atoms with Gasteiger partial charge in [0.1, 0.15) is 5.82 Å². The Hall–Kier alpha value is -1.79. The molecule has 3 rings (SSSR count). The average Bonchev–Trinajstić information content (AvgIpc) is 2.88. The first-order valence-corrected chi connectivity index (χ1v) is 8.16. The van der Waals surface area contributed by atoms with Crippen molar-refractivity contribution in [2.75, 3.05) is 16.6 Å². The van der Waals surface area contributed by atoms with Crippen LogP contribution in [0.15, 0.2) is 41.3 Å². The highest BCUT2D eigenvalue weighted by molar-refractivity contribution is 7.92. The van der Waals surface area contributed by atoms with Crippen LogP contribution >= 0.6 is 11.6 Å². The first-order valence-electron chi connectivity index (χ1n) is 6.30. The second-order valence-corrected chi connectivity index (χ2v) is 6.82. The summed E-state index contributed by atoms with van der Waals surface area (Å²) in [6.07, 6.45) is 0.854. The lowest BCUT2D eigenvalue weighted by Crippen LogP contribution is -2.13. The van der Waals surface area contributed by atoms with Crippen molar-refractivity contribution in [3.8, 4) is 0 Å². The van der Waals surface area contributed by atoms with Crippen LogP contribution in [0.3, 0.4) is 0 Å². The van der Waals surface area contributed by atoms with Gasteiger partial charge in [-0.1, -0.05) is 11.6 Å². The fourth-order valence-electron chi connectivity index (χ4n) is 2.23. The first-order chi connectivity index (χ1) is 9.95. The van der Waals surface area contributed by atoms with Gasteiger partial charge >= 0.3 is 0 Å². The Balaban J connectivity index is 1.90. The van der Waals surface area contributed by atoms with Crippen LogP contribution in [0.2, 0.25) is 5.02 Å². The smallest absolute Gasteiger partial charge is 0.261 e. The maximum Gasteiger partial charge on any atom is 0.261 e. The van der Waals surface area contributed by atoms with Crippen LogP contribution < -0.4 is 10.0 Å². The Morgan fingerprint density at radius 1 is 1.19 bits per heavy atom. The molecule has 0 bridgehead atoms. The van der Waals surface area contributed by atoms with E-state index in [1.807, 2.05) is 6.07 Å². The molecule has 1 aliphatic rings. The quantitative estimate of drug-likeness (QED) is 0.910. The molecule has 4 nitrogen and oxygen atoms in total. The van der Waals surface area contributed by atoms with Crippen molar-refractivity contribution in [3.05, 3.63) is 52.8 Å². The van der Waals surface area contributed by atoms with Crippen LogP contribution in [0.5, 0.6) is 0 Å². The average molecular weight is 327 g/mol. The molecule has 2 N–H and O–H groups in total. The first kappa shape index (κ1) is 14.2. The molecule has 0 aliphatic carbocycles. The summed E-state index contributed by atoms with van der Waals surface area (Å²) in [5.74, 6) is -0.653. The molecule has 7 heteroatoms. The van der Waals surface area contributed by atoms with Crippen LogP contribution in [0.4, 0.5) is 15.8 Å². The van der Waals surface area contributed by atoms with Crippen molar-refractivity contribution in [2.24, 2.45) is 0 Å². The lowest BCUT2D eigenvalue weighted by atomic mass is 10.1. The van der Waals surface area contributed by atoms with E-state index in [1.165, 1.54) is 6.07 Å². The van der Waals surface area contributed by atoms with E-state index in [4.69, 9.17) is 11.6 Å². The predicted octanol–water partition coefficient (Wildman–Crippen LogP) is 3.25. The third-order valence-corrected chi connectivity index (χ3v) is 4.94. The molecular formula is C14H12ClFN2O2S. The molecular weight excluding hydrogens is 315 g/mol. The molecule has 0 saturated heterocycles. The van der Waals surface area contributed by atoms with Crippen LogP contribution in [0.1, 0.15) is 5.56 Å². The van der Waals surface area contributed by atoms with Crippen LogP contribution in [-0.2, 0) is 16.4 Å². The highest BCUT2D eigenvalue weighted by Crippen LogP contribution is 2.27. The zero-order valence-corrected chi connectivity index (χ0v) is 12.4. The van der Waals surface area contributed by atoms with Crippen molar-refractivity contribution >= 4 is 33.0 Å². The normalized spacial score (nSPS) is 13.6. The van der Waals surface area contributed by atoms with E-state index >= 15 is 0 Å². The number of hydrogen-bond donors (Lipinski definition) is 2. The maximum atomic E-state index is 13.1. The Labute approximate surface area is 127 Å². The fraction of sp³-hybridized carbons (Fsp3) is 0.143. The Kier molecular flexibility index (Phi) is 3.51. The summed E-state index contributed by atoms with van der Waals surface area (Å²) >= 11 is 5.62. The van der Waals surface area contributed by atoms with Crippen LogP contribution in [0.25, 0.3) is 0 Å². The number of rotatable bonds is 3. The molecule has 0 unspecified atom stereocenters. The number of anilines is 2. The van der Waals surface area contributed by atoms with Gasteiger partial charge in [0.2, 0.25) is 0 Å². The van der Waals surface area contributed by atoms with E-state index in [1.54, 1.807) is 12.1 Å². The third kappa shape index (κ3) is 2.82. The van der Waals surface area contributed by atoms with Gasteiger partial charge in [-0.3, -0.25) is 4.72 Å². The van der Waals surface area contributed by atoms with Gasteiger partial charge in [-0.15, -0.1) is 0 Å². The molecule has 0 spiro atoms. The lowest BCUT2D eigenvalue weighted by Gasteiger charge is -2.10. The molecule has 0 radical (unpaired) electrons. The van der Waals surface area contributed by atoms with E-state index in [2.05, 4.69) is 10.0 Å². The fourth-order valence-corrected chi connectivity index (χ4v) is 3.55. The third-order valence-electron chi connectivity index (χ3n) is 3.27. The number of halogens is 2. The van der Waals surface area contributed by atoms with Crippen molar-refractivity contribution in [2.45, 2.75) is 11.3 Å². The van der Waals surface area contributed by atoms with Gasteiger partial charge in [0.25, 0.3) is 10.0 Å². The SMILES string of the molecule is O=S(=O)(Nc1ccc2c(c1)CCN2)c1ccc(F)c(Cl)c1. The molecule has 1 heterocycles. The number of fused-ring (bicyclic) bond motifs is 1. The van der Waals surface area contributed by atoms with Gasteiger partial charge in [0.05, 0.1) is 9.92 Å². The minimum absolute atomic E-state index is 0.0764.